The molecule has 0 aromatic heterocycles. The van der Waals surface area contributed by atoms with Gasteiger partial charge in [-0.1, -0.05) is 13.8 Å². The van der Waals surface area contributed by atoms with Crippen LogP contribution in [-0.4, -0.2) is 22.9 Å². The monoisotopic (exact) mass is 267 g/mol. The Hall–Kier alpha value is -1.52. The first kappa shape index (κ1) is 15.5. The molecule has 0 aliphatic carbocycles. The van der Waals surface area contributed by atoms with Crippen LogP contribution in [0.3, 0.4) is 0 Å². The highest BCUT2D eigenvalue weighted by molar-refractivity contribution is 5.28. The first-order valence-corrected chi connectivity index (χ1v) is 6.94. The van der Waals surface area contributed by atoms with E-state index in [2.05, 4.69) is 24.1 Å². The van der Waals surface area contributed by atoms with Crippen molar-refractivity contribution in [1.29, 1.82) is 0 Å². The SMILES string of the molecule is CCCN(CCC)C1=C([N+](=O)[O-])C(C)(C)C=C(C)N1. The van der Waals surface area contributed by atoms with Gasteiger partial charge < -0.3 is 10.2 Å². The van der Waals surface area contributed by atoms with Crippen LogP contribution in [0, 0.1) is 15.5 Å². The van der Waals surface area contributed by atoms with Gasteiger partial charge in [0.25, 0.3) is 5.70 Å². The van der Waals surface area contributed by atoms with Gasteiger partial charge in [0.05, 0.1) is 10.3 Å². The molecule has 0 saturated heterocycles. The van der Waals surface area contributed by atoms with Crippen molar-refractivity contribution in [3.63, 3.8) is 0 Å². The molecule has 1 heterocycles. The van der Waals surface area contributed by atoms with E-state index in [0.29, 0.717) is 5.82 Å². The second-order valence-corrected chi connectivity index (χ2v) is 5.62. The normalized spacial score (nSPS) is 17.8. The van der Waals surface area contributed by atoms with Gasteiger partial charge in [0.15, 0.2) is 5.82 Å². The van der Waals surface area contributed by atoms with Crippen LogP contribution in [0.25, 0.3) is 0 Å². The molecule has 0 spiro atoms. The van der Waals surface area contributed by atoms with Crippen molar-refractivity contribution < 1.29 is 4.92 Å². The highest BCUT2D eigenvalue weighted by atomic mass is 16.6. The summed E-state index contributed by atoms with van der Waals surface area (Å²) in [4.78, 5) is 13.3. The Balaban J connectivity index is 3.26. The number of nitrogens with one attached hydrogen (secondary N) is 1. The van der Waals surface area contributed by atoms with Gasteiger partial charge >= 0.3 is 0 Å². The maximum absolute atomic E-state index is 11.5. The molecule has 1 aliphatic heterocycles. The van der Waals surface area contributed by atoms with Gasteiger partial charge in [-0.25, -0.2) is 0 Å². The average Bonchev–Trinajstić information content (AvgIpc) is 2.25. The minimum atomic E-state index is -0.548. The lowest BCUT2D eigenvalue weighted by Gasteiger charge is -2.33. The molecular weight excluding hydrogens is 242 g/mol. The third-order valence-corrected chi connectivity index (χ3v) is 3.21. The number of hydrogen-bond acceptors (Lipinski definition) is 4. The van der Waals surface area contributed by atoms with Crippen LogP contribution >= 0.6 is 0 Å². The maximum atomic E-state index is 11.5. The molecule has 5 nitrogen and oxygen atoms in total. The van der Waals surface area contributed by atoms with Crippen LogP contribution in [0.2, 0.25) is 0 Å². The second kappa shape index (κ2) is 6.08. The Morgan fingerprint density at radius 2 is 1.84 bits per heavy atom. The molecule has 0 fully saturated rings. The third kappa shape index (κ3) is 3.49. The van der Waals surface area contributed by atoms with Gasteiger partial charge in [-0.3, -0.25) is 10.1 Å². The van der Waals surface area contributed by atoms with Gasteiger partial charge in [0.2, 0.25) is 0 Å². The highest BCUT2D eigenvalue weighted by Crippen LogP contribution is 2.35. The van der Waals surface area contributed by atoms with Gasteiger partial charge in [0, 0.05) is 18.8 Å². The first-order chi connectivity index (χ1) is 8.83. The van der Waals surface area contributed by atoms with E-state index in [1.807, 2.05) is 26.8 Å². The Morgan fingerprint density at radius 1 is 1.32 bits per heavy atom. The van der Waals surface area contributed by atoms with Crippen molar-refractivity contribution in [2.24, 2.45) is 5.41 Å². The van der Waals surface area contributed by atoms with Gasteiger partial charge in [-0.05, 0) is 39.7 Å². The fraction of sp³-hybridized carbons (Fsp3) is 0.714. The summed E-state index contributed by atoms with van der Waals surface area (Å²) in [7, 11) is 0. The standard InChI is InChI=1S/C14H25N3O2/c1-6-8-16(9-7-2)13-12(17(18)19)14(4,5)10-11(3)15-13/h10,15H,6-9H2,1-5H3. The zero-order valence-corrected chi connectivity index (χ0v) is 12.6. The topological polar surface area (TPSA) is 58.4 Å². The predicted molar refractivity (Wildman–Crippen MR) is 76.8 cm³/mol. The van der Waals surface area contributed by atoms with Crippen molar-refractivity contribution in [3.8, 4) is 0 Å². The van der Waals surface area contributed by atoms with Gasteiger partial charge in [0.1, 0.15) is 0 Å². The summed E-state index contributed by atoms with van der Waals surface area (Å²) in [6.45, 7) is 11.6. The minimum Gasteiger partial charge on any atom is -0.353 e. The Morgan fingerprint density at radius 3 is 2.26 bits per heavy atom. The second-order valence-electron chi connectivity index (χ2n) is 5.62. The van der Waals surface area contributed by atoms with E-state index >= 15 is 0 Å². The number of rotatable bonds is 6. The summed E-state index contributed by atoms with van der Waals surface area (Å²) in [5, 5.41) is 14.6. The van der Waals surface area contributed by atoms with E-state index in [1.165, 1.54) is 0 Å². The maximum Gasteiger partial charge on any atom is 0.295 e. The molecule has 5 heteroatoms. The van der Waals surface area contributed by atoms with Crippen LogP contribution in [0.1, 0.15) is 47.5 Å². The summed E-state index contributed by atoms with van der Waals surface area (Å²) in [5.74, 6) is 0.665. The summed E-state index contributed by atoms with van der Waals surface area (Å²) >= 11 is 0. The minimum absolute atomic E-state index is 0.246. The number of nitro groups is 1. The van der Waals surface area contributed by atoms with E-state index in [-0.39, 0.29) is 10.6 Å². The van der Waals surface area contributed by atoms with E-state index < -0.39 is 5.41 Å². The van der Waals surface area contributed by atoms with Crippen molar-refractivity contribution in [1.82, 2.24) is 10.2 Å². The van der Waals surface area contributed by atoms with Crippen LogP contribution < -0.4 is 5.32 Å². The number of dihydropyridines is 1. The fourth-order valence-corrected chi connectivity index (χ4v) is 2.62. The molecule has 0 atom stereocenters. The van der Waals surface area contributed by atoms with E-state index in [1.54, 1.807) is 0 Å². The Kier molecular flexibility index (Phi) is 4.97. The highest BCUT2D eigenvalue weighted by Gasteiger charge is 2.40. The molecule has 0 amide bonds. The summed E-state index contributed by atoms with van der Waals surface area (Å²) in [6, 6.07) is 0. The molecule has 1 N–H and O–H groups in total. The van der Waals surface area contributed by atoms with E-state index in [4.69, 9.17) is 0 Å². The zero-order chi connectivity index (χ0) is 14.6. The molecule has 0 unspecified atom stereocenters. The molecule has 1 aliphatic rings. The lowest BCUT2D eigenvalue weighted by Crippen LogP contribution is -2.40. The van der Waals surface area contributed by atoms with Crippen molar-refractivity contribution >= 4 is 0 Å². The van der Waals surface area contributed by atoms with Crippen molar-refractivity contribution in [2.75, 3.05) is 13.1 Å². The summed E-state index contributed by atoms with van der Waals surface area (Å²) < 4.78 is 0. The van der Waals surface area contributed by atoms with Crippen molar-refractivity contribution in [3.05, 3.63) is 33.4 Å². The average molecular weight is 267 g/mol. The molecule has 0 bridgehead atoms. The summed E-state index contributed by atoms with van der Waals surface area (Å²) in [6.07, 6.45) is 3.86. The quantitative estimate of drug-likeness (QED) is 0.593. The molecule has 0 aromatic carbocycles. The Labute approximate surface area is 115 Å². The van der Waals surface area contributed by atoms with Crippen LogP contribution in [0.5, 0.6) is 0 Å². The van der Waals surface area contributed by atoms with Crippen molar-refractivity contribution in [2.45, 2.75) is 47.5 Å². The van der Waals surface area contributed by atoms with Crippen LogP contribution in [-0.2, 0) is 0 Å². The predicted octanol–water partition coefficient (Wildman–Crippen LogP) is 3.09. The molecule has 0 aromatic rings. The lowest BCUT2D eigenvalue weighted by atomic mass is 9.86. The molecule has 0 radical (unpaired) electrons. The number of nitrogens with zero attached hydrogens (tertiary/aromatic N) is 2. The molecule has 0 saturated carbocycles. The summed E-state index contributed by atoms with van der Waals surface area (Å²) in [5.41, 5.74) is 0.691. The number of hydrogen-bond donors (Lipinski definition) is 1. The third-order valence-electron chi connectivity index (χ3n) is 3.21. The van der Waals surface area contributed by atoms with Crippen LogP contribution in [0.4, 0.5) is 0 Å². The number of allylic oxidation sites excluding steroid dienone is 2. The van der Waals surface area contributed by atoms with Crippen LogP contribution in [0.15, 0.2) is 23.3 Å². The molecule has 1 rings (SSSR count). The largest absolute Gasteiger partial charge is 0.353 e. The van der Waals surface area contributed by atoms with E-state index in [0.717, 1.165) is 31.6 Å². The molecular formula is C14H25N3O2. The smallest absolute Gasteiger partial charge is 0.295 e. The molecule has 108 valence electrons. The first-order valence-electron chi connectivity index (χ1n) is 6.94. The lowest BCUT2D eigenvalue weighted by molar-refractivity contribution is -0.440. The van der Waals surface area contributed by atoms with Gasteiger partial charge in [-0.15, -0.1) is 0 Å². The molecule has 19 heavy (non-hydrogen) atoms. The Bertz CT molecular complexity index is 405. The fourth-order valence-electron chi connectivity index (χ4n) is 2.62. The van der Waals surface area contributed by atoms with E-state index in [9.17, 15) is 10.1 Å². The van der Waals surface area contributed by atoms with Gasteiger partial charge in [-0.2, -0.15) is 0 Å². The zero-order valence-electron chi connectivity index (χ0n) is 12.6.